The molecular weight excluding hydrogens is 232 g/mol. The maximum atomic E-state index is 11.8. The zero-order valence-electron chi connectivity index (χ0n) is 11.9. The highest BCUT2D eigenvalue weighted by molar-refractivity contribution is 7.15. The molecule has 4 nitrogen and oxygen atoms in total. The minimum atomic E-state index is -2.22. The molecule has 0 spiro atoms. The summed E-state index contributed by atoms with van der Waals surface area (Å²) < 4.78 is 4.76. The number of esters is 1. The lowest BCUT2D eigenvalue weighted by Gasteiger charge is -2.37. The van der Waals surface area contributed by atoms with Crippen LogP contribution in [0.2, 0.25) is 16.6 Å². The van der Waals surface area contributed by atoms with E-state index in [1.807, 2.05) is 0 Å². The third kappa shape index (κ3) is 2.67. The summed E-state index contributed by atoms with van der Waals surface area (Å²) in [5.74, 6) is -0.490. The number of hydrogen-bond acceptors (Lipinski definition) is 2. The van der Waals surface area contributed by atoms with Crippen molar-refractivity contribution in [1.82, 2.24) is 0 Å². The van der Waals surface area contributed by atoms with Crippen molar-refractivity contribution >= 4 is 19.4 Å². The Labute approximate surface area is 105 Å². The van der Waals surface area contributed by atoms with Crippen LogP contribution < -0.4 is 0 Å². The molecule has 0 radical (unpaired) electrons. The molecule has 0 bridgehead atoms. The number of methoxy groups -OCH3 is 1. The molecule has 5 heteroatoms. The fourth-order valence-corrected chi connectivity index (χ4v) is 9.49. The van der Waals surface area contributed by atoms with Crippen LogP contribution in [-0.4, -0.2) is 31.3 Å². The third-order valence-corrected chi connectivity index (χ3v) is 10.6. The van der Waals surface area contributed by atoms with Gasteiger partial charge in [-0.15, -0.1) is 0 Å². The summed E-state index contributed by atoms with van der Waals surface area (Å²) in [6, 6.07) is 0. The predicted octanol–water partition coefficient (Wildman–Crippen LogP) is 3.05. The van der Waals surface area contributed by atoms with Crippen molar-refractivity contribution in [2.75, 3.05) is 7.11 Å². The standard InChI is InChI=1S/C12H24N2O2Si/c1-8(2)17(9(3)4,10(5)6)11(14-13)12(15)16-7/h8-10H,1-7H3. The maximum absolute atomic E-state index is 11.8. The molecule has 0 aromatic carbocycles. The molecule has 0 atom stereocenters. The van der Waals surface area contributed by atoms with Crippen LogP contribution in [0.25, 0.3) is 5.53 Å². The molecule has 98 valence electrons. The molecule has 0 heterocycles. The number of ether oxygens (including phenoxy) is 1. The van der Waals surface area contributed by atoms with Crippen molar-refractivity contribution in [3.63, 3.8) is 0 Å². The van der Waals surface area contributed by atoms with Gasteiger partial charge >= 0.3 is 11.3 Å². The van der Waals surface area contributed by atoms with Crippen LogP contribution >= 0.6 is 0 Å². The van der Waals surface area contributed by atoms with Gasteiger partial charge in [0, 0.05) is 0 Å². The van der Waals surface area contributed by atoms with Crippen molar-refractivity contribution in [1.29, 1.82) is 0 Å². The van der Waals surface area contributed by atoms with Crippen molar-refractivity contribution in [3.05, 3.63) is 5.53 Å². The molecule has 0 aliphatic heterocycles. The van der Waals surface area contributed by atoms with E-state index in [2.05, 4.69) is 46.3 Å². The molecule has 0 saturated heterocycles. The van der Waals surface area contributed by atoms with Crippen molar-refractivity contribution in [2.24, 2.45) is 0 Å². The smallest absolute Gasteiger partial charge is 0.409 e. The second-order valence-electron chi connectivity index (χ2n) is 5.34. The summed E-state index contributed by atoms with van der Waals surface area (Å²) in [5, 5.41) is 0.264. The van der Waals surface area contributed by atoms with Crippen LogP contribution in [0.4, 0.5) is 0 Å². The Morgan fingerprint density at radius 2 is 1.41 bits per heavy atom. The number of rotatable bonds is 5. The lowest BCUT2D eigenvalue weighted by Crippen LogP contribution is -2.56. The van der Waals surface area contributed by atoms with Crippen molar-refractivity contribution in [2.45, 2.75) is 58.2 Å². The number of carbonyl (C=O) groups excluding carboxylic acids is 1. The number of nitrogens with zero attached hydrogens (tertiary/aromatic N) is 2. The lowest BCUT2D eigenvalue weighted by molar-refractivity contribution is -0.136. The molecule has 0 rings (SSSR count). The second kappa shape index (κ2) is 6.12. The minimum Gasteiger partial charge on any atom is -0.461 e. The van der Waals surface area contributed by atoms with Gasteiger partial charge in [0.2, 0.25) is 8.07 Å². The van der Waals surface area contributed by atoms with Gasteiger partial charge in [0.05, 0.1) is 7.11 Å². The fourth-order valence-electron chi connectivity index (χ4n) is 3.22. The van der Waals surface area contributed by atoms with E-state index in [0.717, 1.165) is 0 Å². The van der Waals surface area contributed by atoms with E-state index in [0.29, 0.717) is 16.6 Å². The quantitative estimate of drug-likeness (QED) is 0.249. The normalized spacial score (nSPS) is 11.9. The monoisotopic (exact) mass is 256 g/mol. The fraction of sp³-hybridized carbons (Fsp3) is 0.833. The van der Waals surface area contributed by atoms with Gasteiger partial charge in [-0.25, -0.2) is 4.79 Å². The Morgan fingerprint density at radius 1 is 1.06 bits per heavy atom. The average Bonchev–Trinajstić information content (AvgIpc) is 2.22. The van der Waals surface area contributed by atoms with Crippen LogP contribution in [0.15, 0.2) is 0 Å². The Bertz CT molecular complexity index is 310. The first-order chi connectivity index (χ1) is 7.76. The zero-order chi connectivity index (χ0) is 13.8. The van der Waals surface area contributed by atoms with Gasteiger partial charge in [-0.2, -0.15) is 4.79 Å². The van der Waals surface area contributed by atoms with Gasteiger partial charge < -0.3 is 10.3 Å². The van der Waals surface area contributed by atoms with E-state index in [4.69, 9.17) is 4.74 Å². The third-order valence-electron chi connectivity index (χ3n) is 3.75. The first-order valence-electron chi connectivity index (χ1n) is 6.07. The topological polar surface area (TPSA) is 62.7 Å². The van der Waals surface area contributed by atoms with E-state index < -0.39 is 14.0 Å². The van der Waals surface area contributed by atoms with Crippen LogP contribution in [0.5, 0.6) is 0 Å². The molecule has 0 fully saturated rings. The zero-order valence-corrected chi connectivity index (χ0v) is 12.9. The molecule has 0 N–H and O–H groups in total. The summed E-state index contributed by atoms with van der Waals surface area (Å²) in [6.07, 6.45) is 0. The minimum absolute atomic E-state index is 0.264. The first kappa shape index (κ1) is 16.1. The number of carbonyl (C=O) groups is 1. The first-order valence-corrected chi connectivity index (χ1v) is 8.30. The molecule has 0 unspecified atom stereocenters. The molecule has 0 aromatic heterocycles. The second-order valence-corrected chi connectivity index (χ2v) is 11.1. The van der Waals surface area contributed by atoms with Crippen LogP contribution in [-0.2, 0) is 9.53 Å². The summed E-state index contributed by atoms with van der Waals surface area (Å²) in [4.78, 5) is 15.1. The Balaban J connectivity index is 5.92. The SMILES string of the molecule is COC(=O)C(=[N+]=[N-])[Si](C(C)C)(C(C)C)C(C)C. The summed E-state index contributed by atoms with van der Waals surface area (Å²) in [7, 11) is -0.889. The van der Waals surface area contributed by atoms with Gasteiger partial charge in [0.25, 0.3) is 0 Å². The summed E-state index contributed by atoms with van der Waals surface area (Å²) in [5.41, 5.74) is 10.2. The van der Waals surface area contributed by atoms with Gasteiger partial charge in [-0.05, 0) is 16.6 Å². The Hall–Kier alpha value is -0.933. The van der Waals surface area contributed by atoms with E-state index in [-0.39, 0.29) is 5.33 Å². The van der Waals surface area contributed by atoms with E-state index >= 15 is 0 Å². The van der Waals surface area contributed by atoms with Crippen LogP contribution in [0.3, 0.4) is 0 Å². The summed E-state index contributed by atoms with van der Waals surface area (Å²) in [6.45, 7) is 12.6. The van der Waals surface area contributed by atoms with Gasteiger partial charge in [-0.3, -0.25) is 0 Å². The Morgan fingerprint density at radius 3 is 1.59 bits per heavy atom. The van der Waals surface area contributed by atoms with Crippen LogP contribution in [0.1, 0.15) is 41.5 Å². The van der Waals surface area contributed by atoms with Gasteiger partial charge in [0.15, 0.2) is 0 Å². The predicted molar refractivity (Wildman–Crippen MR) is 71.7 cm³/mol. The Kier molecular flexibility index (Phi) is 5.79. The number of hydrogen-bond donors (Lipinski definition) is 0. The van der Waals surface area contributed by atoms with Gasteiger partial charge in [-0.1, -0.05) is 41.5 Å². The molecule has 0 amide bonds. The molecular formula is C12H24N2O2Si. The highest BCUT2D eigenvalue weighted by Crippen LogP contribution is 2.42. The van der Waals surface area contributed by atoms with Crippen molar-refractivity contribution < 1.29 is 14.3 Å². The summed E-state index contributed by atoms with van der Waals surface area (Å²) >= 11 is 0. The molecule has 0 saturated carbocycles. The van der Waals surface area contributed by atoms with E-state index in [9.17, 15) is 10.3 Å². The molecule has 0 aliphatic rings. The lowest BCUT2D eigenvalue weighted by atomic mass is 10.5. The van der Waals surface area contributed by atoms with Crippen molar-refractivity contribution in [3.8, 4) is 0 Å². The molecule has 0 aliphatic carbocycles. The van der Waals surface area contributed by atoms with E-state index in [1.54, 1.807) is 0 Å². The van der Waals surface area contributed by atoms with Gasteiger partial charge in [0.1, 0.15) is 0 Å². The highest BCUT2D eigenvalue weighted by atomic mass is 28.3. The van der Waals surface area contributed by atoms with E-state index in [1.165, 1.54) is 7.11 Å². The van der Waals surface area contributed by atoms with Crippen LogP contribution in [0, 0.1) is 0 Å². The average molecular weight is 256 g/mol. The maximum Gasteiger partial charge on any atom is 0.409 e. The highest BCUT2D eigenvalue weighted by Gasteiger charge is 2.57. The molecule has 17 heavy (non-hydrogen) atoms. The molecule has 0 aromatic rings. The largest absolute Gasteiger partial charge is 0.461 e.